The topological polar surface area (TPSA) is 97.1 Å². The predicted molar refractivity (Wildman–Crippen MR) is 117 cm³/mol. The van der Waals surface area contributed by atoms with E-state index in [4.69, 9.17) is 9.47 Å². The molecule has 0 radical (unpaired) electrons. The average molecular weight is 420 g/mol. The van der Waals surface area contributed by atoms with Crippen molar-refractivity contribution in [3.8, 4) is 28.8 Å². The Balaban J connectivity index is 2.09. The van der Waals surface area contributed by atoms with Gasteiger partial charge in [-0.05, 0) is 55.6 Å². The quantitative estimate of drug-likeness (QED) is 0.334. The van der Waals surface area contributed by atoms with Crippen molar-refractivity contribution in [3.05, 3.63) is 53.6 Å². The van der Waals surface area contributed by atoms with Crippen LogP contribution < -0.4 is 14.8 Å². The minimum absolute atomic E-state index is 0.0123. The Hall–Kier alpha value is -3.57. The van der Waals surface area contributed by atoms with Crippen LogP contribution in [0.5, 0.6) is 11.5 Å². The van der Waals surface area contributed by atoms with Gasteiger partial charge in [-0.1, -0.05) is 11.8 Å². The maximum absolute atomic E-state index is 11.5. The molecule has 1 N–H and O–H groups in total. The van der Waals surface area contributed by atoms with Crippen LogP contribution in [-0.2, 0) is 0 Å². The number of thioether (sulfide) groups is 1. The molecule has 2 aromatic carbocycles. The number of ether oxygens (including phenoxy) is 2. The number of hydrogen-bond donors (Lipinski definition) is 1. The summed E-state index contributed by atoms with van der Waals surface area (Å²) in [6.45, 7) is 1.51. The molecule has 1 aromatic heterocycles. The summed E-state index contributed by atoms with van der Waals surface area (Å²) in [6.07, 6.45) is 1.87. The fourth-order valence-electron chi connectivity index (χ4n) is 2.85. The van der Waals surface area contributed by atoms with Crippen LogP contribution in [0.4, 0.5) is 11.5 Å². The van der Waals surface area contributed by atoms with Gasteiger partial charge in [0.1, 0.15) is 11.6 Å². The largest absolute Gasteiger partial charge is 0.493 e. The number of nitrogens with one attached hydrogen (secondary N) is 1. The van der Waals surface area contributed by atoms with E-state index >= 15 is 0 Å². The second kappa shape index (κ2) is 9.29. The molecule has 3 aromatic rings. The van der Waals surface area contributed by atoms with Crippen LogP contribution in [-0.4, -0.2) is 36.2 Å². The number of methoxy groups -OCH3 is 2. The number of carbonyl (C=O) groups excluding carboxylic acids is 1. The molecule has 0 bridgehead atoms. The highest BCUT2D eigenvalue weighted by molar-refractivity contribution is 7.98. The molecule has 8 heteroatoms. The Morgan fingerprint density at radius 2 is 1.77 bits per heavy atom. The van der Waals surface area contributed by atoms with Gasteiger partial charge in [-0.3, -0.25) is 4.79 Å². The smallest absolute Gasteiger partial charge is 0.189 e. The molecule has 0 aliphatic rings. The molecule has 3 rings (SSSR count). The number of nitriles is 1. The van der Waals surface area contributed by atoms with E-state index in [0.29, 0.717) is 50.5 Å². The van der Waals surface area contributed by atoms with Crippen molar-refractivity contribution in [3.63, 3.8) is 0 Å². The van der Waals surface area contributed by atoms with E-state index in [1.54, 1.807) is 50.6 Å². The minimum Gasteiger partial charge on any atom is -0.493 e. The number of ketones is 1. The zero-order valence-corrected chi connectivity index (χ0v) is 17.8. The van der Waals surface area contributed by atoms with Crippen LogP contribution in [0.2, 0.25) is 0 Å². The van der Waals surface area contributed by atoms with E-state index in [1.165, 1.54) is 18.7 Å². The third-order valence-corrected chi connectivity index (χ3v) is 4.94. The molecule has 0 spiro atoms. The number of aromatic nitrogens is 2. The molecule has 0 saturated carbocycles. The monoisotopic (exact) mass is 420 g/mol. The maximum atomic E-state index is 11.5. The first-order chi connectivity index (χ1) is 14.5. The van der Waals surface area contributed by atoms with E-state index in [-0.39, 0.29) is 5.78 Å². The predicted octanol–water partition coefficient (Wildman–Crippen LogP) is 4.70. The summed E-state index contributed by atoms with van der Waals surface area (Å²) in [4.78, 5) is 20.5. The lowest BCUT2D eigenvalue weighted by atomic mass is 10.1. The molecule has 152 valence electrons. The normalized spacial score (nSPS) is 10.2. The van der Waals surface area contributed by atoms with Gasteiger partial charge in [0.2, 0.25) is 0 Å². The number of Topliss-reactive ketones (excluding diaryl/α,β-unsaturated/α-hetero) is 1. The fraction of sp³-hybridized carbons (Fsp3) is 0.182. The standard InChI is InChI=1S/C22H20N4O3S/c1-13(27)14-5-8-16(9-6-14)24-21-17(12-23)20(25-22(26-21)30-4)15-7-10-18(28-2)19(11-15)29-3/h5-11H,1-4H3,(H,24,25,26). The van der Waals surface area contributed by atoms with E-state index in [0.717, 1.165) is 0 Å². The van der Waals surface area contributed by atoms with Gasteiger partial charge in [0.25, 0.3) is 0 Å². The summed E-state index contributed by atoms with van der Waals surface area (Å²) in [5.74, 6) is 1.50. The average Bonchev–Trinajstić information content (AvgIpc) is 2.78. The molecule has 0 unspecified atom stereocenters. The summed E-state index contributed by atoms with van der Waals surface area (Å²) < 4.78 is 10.7. The van der Waals surface area contributed by atoms with Crippen molar-refractivity contribution in [2.75, 3.05) is 25.8 Å². The Bertz CT molecular complexity index is 1120. The van der Waals surface area contributed by atoms with E-state index < -0.39 is 0 Å². The molecule has 1 heterocycles. The first-order valence-corrected chi connectivity index (χ1v) is 10.2. The third-order valence-electron chi connectivity index (χ3n) is 4.39. The minimum atomic E-state index is -0.0123. The number of carbonyl (C=O) groups is 1. The summed E-state index contributed by atoms with van der Waals surface area (Å²) in [5.41, 5.74) is 2.81. The zero-order valence-electron chi connectivity index (χ0n) is 17.0. The molecular formula is C22H20N4O3S. The lowest BCUT2D eigenvalue weighted by Crippen LogP contribution is -2.04. The lowest BCUT2D eigenvalue weighted by Gasteiger charge is -2.14. The van der Waals surface area contributed by atoms with Crippen molar-refractivity contribution in [2.24, 2.45) is 0 Å². The zero-order chi connectivity index (χ0) is 21.7. The third kappa shape index (κ3) is 4.36. The lowest BCUT2D eigenvalue weighted by molar-refractivity contribution is 0.101. The maximum Gasteiger partial charge on any atom is 0.189 e. The Morgan fingerprint density at radius 3 is 2.33 bits per heavy atom. The van der Waals surface area contributed by atoms with Crippen LogP contribution >= 0.6 is 11.8 Å². The van der Waals surface area contributed by atoms with Gasteiger partial charge in [-0.15, -0.1) is 0 Å². The van der Waals surface area contributed by atoms with Crippen molar-refractivity contribution in [1.29, 1.82) is 5.26 Å². The SMILES string of the molecule is COc1ccc(-c2nc(SC)nc(Nc3ccc(C(C)=O)cc3)c2C#N)cc1OC. The van der Waals surface area contributed by atoms with Gasteiger partial charge in [0, 0.05) is 16.8 Å². The molecule has 0 aliphatic carbocycles. The molecular weight excluding hydrogens is 400 g/mol. The van der Waals surface area contributed by atoms with E-state index in [1.807, 2.05) is 12.3 Å². The summed E-state index contributed by atoms with van der Waals surface area (Å²) in [5, 5.41) is 13.6. The van der Waals surface area contributed by atoms with Crippen LogP contribution in [0.15, 0.2) is 47.6 Å². The molecule has 0 aliphatic heterocycles. The summed E-state index contributed by atoms with van der Waals surface area (Å²) in [7, 11) is 3.12. The Kier molecular flexibility index (Phi) is 6.54. The van der Waals surface area contributed by atoms with Crippen LogP contribution in [0.1, 0.15) is 22.8 Å². The molecule has 0 fully saturated rings. The van der Waals surface area contributed by atoms with E-state index in [2.05, 4.69) is 21.4 Å². The first kappa shape index (κ1) is 21.1. The van der Waals surface area contributed by atoms with Crippen molar-refractivity contribution in [2.45, 2.75) is 12.1 Å². The van der Waals surface area contributed by atoms with Gasteiger partial charge in [0.05, 0.1) is 19.9 Å². The van der Waals surface area contributed by atoms with Gasteiger partial charge in [-0.2, -0.15) is 5.26 Å². The highest BCUT2D eigenvalue weighted by Gasteiger charge is 2.18. The number of nitrogens with zero attached hydrogens (tertiary/aromatic N) is 3. The fourth-order valence-corrected chi connectivity index (χ4v) is 3.21. The van der Waals surface area contributed by atoms with Gasteiger partial charge in [0.15, 0.2) is 28.3 Å². The van der Waals surface area contributed by atoms with Crippen LogP contribution in [0.25, 0.3) is 11.3 Å². The Morgan fingerprint density at radius 1 is 1.07 bits per heavy atom. The second-order valence-electron chi connectivity index (χ2n) is 6.22. The van der Waals surface area contributed by atoms with Crippen molar-refractivity contribution >= 4 is 29.1 Å². The van der Waals surface area contributed by atoms with Gasteiger partial charge >= 0.3 is 0 Å². The van der Waals surface area contributed by atoms with Crippen molar-refractivity contribution in [1.82, 2.24) is 9.97 Å². The van der Waals surface area contributed by atoms with Crippen molar-refractivity contribution < 1.29 is 14.3 Å². The molecule has 30 heavy (non-hydrogen) atoms. The van der Waals surface area contributed by atoms with Gasteiger partial charge < -0.3 is 14.8 Å². The Labute approximate surface area is 179 Å². The van der Waals surface area contributed by atoms with Gasteiger partial charge in [-0.25, -0.2) is 9.97 Å². The first-order valence-electron chi connectivity index (χ1n) is 8.97. The molecule has 7 nitrogen and oxygen atoms in total. The summed E-state index contributed by atoms with van der Waals surface area (Å²) >= 11 is 1.37. The molecule has 0 atom stereocenters. The number of benzene rings is 2. The van der Waals surface area contributed by atoms with Crippen LogP contribution in [0, 0.1) is 11.3 Å². The summed E-state index contributed by atoms with van der Waals surface area (Å²) in [6, 6.07) is 14.6. The number of anilines is 2. The molecule has 0 saturated heterocycles. The second-order valence-corrected chi connectivity index (χ2v) is 7.00. The number of hydrogen-bond acceptors (Lipinski definition) is 8. The highest BCUT2D eigenvalue weighted by atomic mass is 32.2. The number of rotatable bonds is 7. The van der Waals surface area contributed by atoms with Crippen LogP contribution in [0.3, 0.4) is 0 Å². The van der Waals surface area contributed by atoms with E-state index in [9.17, 15) is 10.1 Å². The molecule has 0 amide bonds. The highest BCUT2D eigenvalue weighted by Crippen LogP contribution is 2.35.